The van der Waals surface area contributed by atoms with Crippen LogP contribution in [0.25, 0.3) is 0 Å². The Labute approximate surface area is 89.4 Å². The third-order valence-electron chi connectivity index (χ3n) is 2.67. The summed E-state index contributed by atoms with van der Waals surface area (Å²) in [4.78, 5) is 24.2. The first kappa shape index (κ1) is 12.0. The summed E-state index contributed by atoms with van der Waals surface area (Å²) < 4.78 is 0. The molecule has 1 aliphatic rings. The van der Waals surface area contributed by atoms with Crippen molar-refractivity contribution >= 4 is 11.9 Å². The summed E-state index contributed by atoms with van der Waals surface area (Å²) in [5, 5.41) is 11.4. The second-order valence-corrected chi connectivity index (χ2v) is 4.41. The molecule has 0 aliphatic heterocycles. The largest absolute Gasteiger partial charge is 0.481 e. The van der Waals surface area contributed by atoms with Gasteiger partial charge in [0, 0.05) is 13.1 Å². The molecule has 0 atom stereocenters. The average molecular weight is 214 g/mol. The van der Waals surface area contributed by atoms with Crippen molar-refractivity contribution in [2.24, 2.45) is 5.41 Å². The first-order chi connectivity index (χ1) is 6.96. The van der Waals surface area contributed by atoms with Gasteiger partial charge in [-0.15, -0.1) is 0 Å². The van der Waals surface area contributed by atoms with Crippen molar-refractivity contribution < 1.29 is 14.7 Å². The molecular formula is C10H18N2O3. The van der Waals surface area contributed by atoms with Gasteiger partial charge in [-0.3, -0.25) is 9.59 Å². The molecule has 0 spiro atoms. The molecule has 0 aromatic heterocycles. The summed E-state index contributed by atoms with van der Waals surface area (Å²) in [7, 11) is 3.85. The number of hydrogen-bond acceptors (Lipinski definition) is 3. The number of nitrogens with one attached hydrogen (secondary N) is 1. The molecule has 1 rings (SSSR count). The van der Waals surface area contributed by atoms with Gasteiger partial charge in [-0.05, 0) is 26.9 Å². The van der Waals surface area contributed by atoms with Gasteiger partial charge in [-0.2, -0.15) is 0 Å². The summed E-state index contributed by atoms with van der Waals surface area (Å²) in [5.74, 6) is -0.998. The third kappa shape index (κ3) is 3.51. The third-order valence-corrected chi connectivity index (χ3v) is 2.67. The van der Waals surface area contributed by atoms with E-state index < -0.39 is 11.4 Å². The zero-order valence-electron chi connectivity index (χ0n) is 9.25. The van der Waals surface area contributed by atoms with E-state index in [1.54, 1.807) is 0 Å². The van der Waals surface area contributed by atoms with Crippen molar-refractivity contribution in [1.29, 1.82) is 0 Å². The molecule has 1 saturated carbocycles. The zero-order chi connectivity index (χ0) is 11.5. The molecule has 0 radical (unpaired) electrons. The van der Waals surface area contributed by atoms with Gasteiger partial charge >= 0.3 is 5.97 Å². The smallest absolute Gasteiger partial charge is 0.304 e. The highest BCUT2D eigenvalue weighted by Crippen LogP contribution is 2.48. The summed E-state index contributed by atoms with van der Waals surface area (Å²) in [6, 6.07) is 0. The van der Waals surface area contributed by atoms with Crippen molar-refractivity contribution in [2.45, 2.75) is 19.3 Å². The molecule has 1 aliphatic carbocycles. The van der Waals surface area contributed by atoms with E-state index >= 15 is 0 Å². The predicted molar refractivity (Wildman–Crippen MR) is 55.5 cm³/mol. The maximum Gasteiger partial charge on any atom is 0.304 e. The summed E-state index contributed by atoms with van der Waals surface area (Å²) in [5.41, 5.74) is -0.599. The number of carboxylic acid groups (broad SMARTS) is 1. The van der Waals surface area contributed by atoms with Gasteiger partial charge < -0.3 is 15.3 Å². The summed E-state index contributed by atoms with van der Waals surface area (Å²) in [6.45, 7) is 1.35. The minimum Gasteiger partial charge on any atom is -0.481 e. The van der Waals surface area contributed by atoms with Gasteiger partial charge in [0.05, 0.1) is 11.8 Å². The van der Waals surface area contributed by atoms with Gasteiger partial charge in [0.2, 0.25) is 5.91 Å². The molecule has 0 unspecified atom stereocenters. The Morgan fingerprint density at radius 1 is 1.40 bits per heavy atom. The van der Waals surface area contributed by atoms with Crippen LogP contribution in [0.5, 0.6) is 0 Å². The van der Waals surface area contributed by atoms with Crippen LogP contribution < -0.4 is 5.32 Å². The highest BCUT2D eigenvalue weighted by Gasteiger charge is 2.51. The van der Waals surface area contributed by atoms with E-state index in [-0.39, 0.29) is 12.3 Å². The number of carboxylic acids is 1. The van der Waals surface area contributed by atoms with E-state index in [1.165, 1.54) is 0 Å². The number of nitrogens with zero attached hydrogens (tertiary/aromatic N) is 1. The standard InChI is InChI=1S/C10H18N2O3/c1-12(2)6-5-11-9(15)10(3-4-10)7-8(13)14/h3-7H2,1-2H3,(H,11,15)(H,13,14). The van der Waals surface area contributed by atoms with Crippen LogP contribution in [0.3, 0.4) is 0 Å². The van der Waals surface area contributed by atoms with Gasteiger partial charge in [0.15, 0.2) is 0 Å². The van der Waals surface area contributed by atoms with E-state index in [9.17, 15) is 9.59 Å². The molecule has 0 bridgehead atoms. The van der Waals surface area contributed by atoms with Crippen molar-refractivity contribution in [2.75, 3.05) is 27.2 Å². The minimum atomic E-state index is -0.893. The molecule has 86 valence electrons. The molecule has 15 heavy (non-hydrogen) atoms. The SMILES string of the molecule is CN(C)CCNC(=O)C1(CC(=O)O)CC1. The minimum absolute atomic E-state index is 0.0409. The fourth-order valence-electron chi connectivity index (χ4n) is 1.51. The monoisotopic (exact) mass is 214 g/mol. The van der Waals surface area contributed by atoms with Crippen LogP contribution in [0.1, 0.15) is 19.3 Å². The summed E-state index contributed by atoms with van der Waals surface area (Å²) in [6.07, 6.45) is 1.36. The highest BCUT2D eigenvalue weighted by molar-refractivity contribution is 5.89. The van der Waals surface area contributed by atoms with Crippen LogP contribution in [0.15, 0.2) is 0 Å². The lowest BCUT2D eigenvalue weighted by Gasteiger charge is -2.14. The van der Waals surface area contributed by atoms with Gasteiger partial charge in [-0.25, -0.2) is 0 Å². The van der Waals surface area contributed by atoms with E-state index in [4.69, 9.17) is 5.11 Å². The Balaban J connectivity index is 2.30. The lowest BCUT2D eigenvalue weighted by atomic mass is 10.0. The second-order valence-electron chi connectivity index (χ2n) is 4.41. The van der Waals surface area contributed by atoms with E-state index in [2.05, 4.69) is 5.32 Å². The molecule has 5 heteroatoms. The van der Waals surface area contributed by atoms with Crippen molar-refractivity contribution in [1.82, 2.24) is 10.2 Å². The van der Waals surface area contributed by atoms with Crippen LogP contribution in [0.2, 0.25) is 0 Å². The normalized spacial score (nSPS) is 17.5. The van der Waals surface area contributed by atoms with Crippen molar-refractivity contribution in [3.05, 3.63) is 0 Å². The molecule has 5 nitrogen and oxygen atoms in total. The number of carbonyl (C=O) groups excluding carboxylic acids is 1. The molecule has 0 saturated heterocycles. The molecule has 0 aromatic carbocycles. The van der Waals surface area contributed by atoms with Gasteiger partial charge in [0.1, 0.15) is 0 Å². The number of amides is 1. The maximum atomic E-state index is 11.7. The molecule has 1 fully saturated rings. The van der Waals surface area contributed by atoms with Crippen molar-refractivity contribution in [3.8, 4) is 0 Å². The topological polar surface area (TPSA) is 69.6 Å². The Morgan fingerprint density at radius 3 is 2.40 bits per heavy atom. The van der Waals surface area contributed by atoms with E-state index in [0.717, 1.165) is 6.54 Å². The Hall–Kier alpha value is -1.10. The van der Waals surface area contributed by atoms with Crippen LogP contribution >= 0.6 is 0 Å². The fraction of sp³-hybridized carbons (Fsp3) is 0.800. The zero-order valence-corrected chi connectivity index (χ0v) is 9.25. The number of carbonyl (C=O) groups is 2. The first-order valence-corrected chi connectivity index (χ1v) is 5.11. The van der Waals surface area contributed by atoms with Crippen LogP contribution in [-0.2, 0) is 9.59 Å². The van der Waals surface area contributed by atoms with Crippen LogP contribution in [0, 0.1) is 5.41 Å². The summed E-state index contributed by atoms with van der Waals surface area (Å²) >= 11 is 0. The second kappa shape index (κ2) is 4.61. The quantitative estimate of drug-likeness (QED) is 0.649. The van der Waals surface area contributed by atoms with E-state index in [1.807, 2.05) is 19.0 Å². The van der Waals surface area contributed by atoms with Crippen LogP contribution in [-0.4, -0.2) is 49.1 Å². The molecule has 1 amide bonds. The van der Waals surface area contributed by atoms with Gasteiger partial charge in [0.25, 0.3) is 0 Å². The number of aliphatic carboxylic acids is 1. The lowest BCUT2D eigenvalue weighted by Crippen LogP contribution is -2.37. The highest BCUT2D eigenvalue weighted by atomic mass is 16.4. The van der Waals surface area contributed by atoms with Crippen LogP contribution in [0.4, 0.5) is 0 Å². The van der Waals surface area contributed by atoms with E-state index in [0.29, 0.717) is 19.4 Å². The predicted octanol–water partition coefficient (Wildman–Crippen LogP) is -0.0809. The molecule has 2 N–H and O–H groups in total. The fourth-order valence-corrected chi connectivity index (χ4v) is 1.51. The first-order valence-electron chi connectivity index (χ1n) is 5.11. The number of likely N-dealkylation sites (N-methyl/N-ethyl adjacent to an activating group) is 1. The number of hydrogen-bond donors (Lipinski definition) is 2. The lowest BCUT2D eigenvalue weighted by molar-refractivity contribution is -0.142. The average Bonchev–Trinajstić information content (AvgIpc) is 2.83. The Bertz CT molecular complexity index is 259. The molecule has 0 heterocycles. The maximum absolute atomic E-state index is 11.7. The molecule has 0 aromatic rings. The Kier molecular flexibility index (Phi) is 3.68. The Morgan fingerprint density at radius 2 is 2.00 bits per heavy atom. The number of rotatable bonds is 6. The van der Waals surface area contributed by atoms with Gasteiger partial charge in [-0.1, -0.05) is 0 Å². The molecular weight excluding hydrogens is 196 g/mol. The van der Waals surface area contributed by atoms with Crippen molar-refractivity contribution in [3.63, 3.8) is 0 Å².